The van der Waals surface area contributed by atoms with Gasteiger partial charge in [-0.15, -0.1) is 0 Å². The highest BCUT2D eigenvalue weighted by atomic mass is 16.3. The first-order chi connectivity index (χ1) is 12.8. The average Bonchev–Trinajstić information content (AvgIpc) is 3.33. The molecule has 4 heterocycles. The summed E-state index contributed by atoms with van der Waals surface area (Å²) in [4.78, 5) is 26.7. The van der Waals surface area contributed by atoms with Crippen LogP contribution in [0.3, 0.4) is 0 Å². The van der Waals surface area contributed by atoms with Gasteiger partial charge in [0.05, 0.1) is 12.0 Å². The van der Waals surface area contributed by atoms with Crippen LogP contribution in [0.15, 0.2) is 65.6 Å². The lowest BCUT2D eigenvalue weighted by molar-refractivity contribution is 0.0672. The zero-order valence-corrected chi connectivity index (χ0v) is 13.9. The second kappa shape index (κ2) is 5.84. The third kappa shape index (κ3) is 2.30. The molecule has 3 aromatic heterocycles. The Bertz CT molecular complexity index is 1050. The number of nitrogens with zero attached hydrogens (tertiary/aromatic N) is 3. The first kappa shape index (κ1) is 14.9. The molecule has 1 atom stereocenters. The Morgan fingerprint density at radius 3 is 2.88 bits per heavy atom. The van der Waals surface area contributed by atoms with Crippen molar-refractivity contribution in [2.24, 2.45) is 0 Å². The van der Waals surface area contributed by atoms with Gasteiger partial charge < -0.3 is 14.3 Å². The molecule has 128 valence electrons. The van der Waals surface area contributed by atoms with Crippen LogP contribution in [0.2, 0.25) is 0 Å². The summed E-state index contributed by atoms with van der Waals surface area (Å²) in [5.41, 5.74) is 3.31. The quantitative estimate of drug-likeness (QED) is 0.605. The van der Waals surface area contributed by atoms with Crippen LogP contribution in [0, 0.1) is 0 Å². The first-order valence-corrected chi connectivity index (χ1v) is 8.53. The third-order valence-corrected chi connectivity index (χ3v) is 4.83. The average molecular weight is 344 g/mol. The summed E-state index contributed by atoms with van der Waals surface area (Å²) >= 11 is 0. The molecule has 0 radical (unpaired) electrons. The number of H-pyrrole nitrogens is 1. The minimum Gasteiger partial charge on any atom is -0.458 e. The predicted octanol–water partition coefficient (Wildman–Crippen LogP) is 3.34. The number of hydrogen-bond donors (Lipinski definition) is 1. The van der Waals surface area contributed by atoms with Crippen LogP contribution in [0.5, 0.6) is 0 Å². The summed E-state index contributed by atoms with van der Waals surface area (Å²) in [6.07, 6.45) is 5.68. The first-order valence-electron chi connectivity index (χ1n) is 8.53. The van der Waals surface area contributed by atoms with Gasteiger partial charge in [0.25, 0.3) is 5.91 Å². The molecule has 0 spiro atoms. The van der Waals surface area contributed by atoms with E-state index in [4.69, 9.17) is 4.42 Å². The number of nitrogens with one attached hydrogen (secondary N) is 1. The summed E-state index contributed by atoms with van der Waals surface area (Å²) in [5.74, 6) is 0.674. The second-order valence-corrected chi connectivity index (χ2v) is 6.34. The number of para-hydroxylation sites is 1. The molecule has 6 heteroatoms. The van der Waals surface area contributed by atoms with Crippen molar-refractivity contribution < 1.29 is 9.21 Å². The van der Waals surface area contributed by atoms with Crippen molar-refractivity contribution >= 4 is 16.9 Å². The van der Waals surface area contributed by atoms with Gasteiger partial charge in [0.15, 0.2) is 0 Å². The van der Waals surface area contributed by atoms with Gasteiger partial charge in [0.1, 0.15) is 17.4 Å². The monoisotopic (exact) mass is 344 g/mol. The highest BCUT2D eigenvalue weighted by molar-refractivity contribution is 5.94. The standard InChI is InChI=1S/C20H16N4O2/c25-20(13-5-8-21-9-6-13)24-10-7-15-18(23-12-22-15)19(24)17-11-14-3-1-2-4-16(14)26-17/h1-6,8-9,11-12,19H,7,10H2,(H,22,23)/t19-/m1/s1. The molecule has 0 fully saturated rings. The van der Waals surface area contributed by atoms with Gasteiger partial charge in [0, 0.05) is 42.0 Å². The van der Waals surface area contributed by atoms with Crippen molar-refractivity contribution in [1.82, 2.24) is 19.9 Å². The van der Waals surface area contributed by atoms with Crippen LogP contribution in [0.1, 0.15) is 33.5 Å². The Hall–Kier alpha value is -3.41. The zero-order valence-electron chi connectivity index (χ0n) is 13.9. The van der Waals surface area contributed by atoms with Gasteiger partial charge in [0.2, 0.25) is 0 Å². The second-order valence-electron chi connectivity index (χ2n) is 6.34. The molecule has 1 aromatic carbocycles. The van der Waals surface area contributed by atoms with Gasteiger partial charge in [-0.3, -0.25) is 9.78 Å². The van der Waals surface area contributed by atoms with Crippen LogP contribution in [0.4, 0.5) is 0 Å². The highest BCUT2D eigenvalue weighted by Crippen LogP contribution is 2.36. The Morgan fingerprint density at radius 2 is 2.04 bits per heavy atom. The fraction of sp³-hybridized carbons (Fsp3) is 0.150. The lowest BCUT2D eigenvalue weighted by atomic mass is 9.99. The van der Waals surface area contributed by atoms with E-state index in [0.29, 0.717) is 12.1 Å². The smallest absolute Gasteiger partial charge is 0.254 e. The summed E-state index contributed by atoms with van der Waals surface area (Å²) in [5, 5.41) is 1.02. The van der Waals surface area contributed by atoms with Crippen molar-refractivity contribution in [3.05, 3.63) is 83.9 Å². The number of pyridine rings is 1. The molecule has 5 rings (SSSR count). The van der Waals surface area contributed by atoms with E-state index >= 15 is 0 Å². The van der Waals surface area contributed by atoms with Crippen molar-refractivity contribution in [2.75, 3.05) is 6.54 Å². The number of aromatic amines is 1. The van der Waals surface area contributed by atoms with Crippen molar-refractivity contribution in [3.8, 4) is 0 Å². The SMILES string of the molecule is O=C(c1ccncc1)N1CCc2[nH]cnc2[C@H]1c1cc2ccccc2o1. The molecule has 0 aliphatic carbocycles. The van der Waals surface area contributed by atoms with Gasteiger partial charge in [-0.05, 0) is 24.3 Å². The Morgan fingerprint density at radius 1 is 1.19 bits per heavy atom. The van der Waals surface area contributed by atoms with Crippen molar-refractivity contribution in [1.29, 1.82) is 0 Å². The summed E-state index contributed by atoms with van der Waals surface area (Å²) < 4.78 is 6.09. The normalized spacial score (nSPS) is 16.6. The van der Waals surface area contributed by atoms with E-state index in [1.807, 2.05) is 35.2 Å². The number of hydrogen-bond acceptors (Lipinski definition) is 4. The topological polar surface area (TPSA) is 75.0 Å². The molecule has 4 aromatic rings. The fourth-order valence-corrected chi connectivity index (χ4v) is 3.58. The number of benzene rings is 1. The number of aromatic nitrogens is 3. The fourth-order valence-electron chi connectivity index (χ4n) is 3.58. The highest BCUT2D eigenvalue weighted by Gasteiger charge is 2.36. The number of amides is 1. The predicted molar refractivity (Wildman–Crippen MR) is 95.6 cm³/mol. The number of imidazole rings is 1. The van der Waals surface area contributed by atoms with Crippen LogP contribution >= 0.6 is 0 Å². The molecular weight excluding hydrogens is 328 g/mol. The molecule has 0 bridgehead atoms. The summed E-state index contributed by atoms with van der Waals surface area (Å²) in [6, 6.07) is 13.0. The van der Waals surface area contributed by atoms with Gasteiger partial charge >= 0.3 is 0 Å². The number of carbonyl (C=O) groups is 1. The number of fused-ring (bicyclic) bond motifs is 2. The molecule has 6 nitrogen and oxygen atoms in total. The van der Waals surface area contributed by atoms with Gasteiger partial charge in [-0.25, -0.2) is 4.98 Å². The minimum atomic E-state index is -0.349. The molecule has 1 aliphatic heterocycles. The molecule has 0 saturated carbocycles. The Labute approximate surface area is 149 Å². The van der Waals surface area contributed by atoms with Crippen LogP contribution in [-0.2, 0) is 6.42 Å². The Balaban J connectivity index is 1.63. The molecule has 0 saturated heterocycles. The third-order valence-electron chi connectivity index (χ3n) is 4.83. The maximum Gasteiger partial charge on any atom is 0.254 e. The van der Waals surface area contributed by atoms with Crippen molar-refractivity contribution in [3.63, 3.8) is 0 Å². The molecule has 1 aliphatic rings. The van der Waals surface area contributed by atoms with E-state index in [1.54, 1.807) is 30.9 Å². The van der Waals surface area contributed by atoms with E-state index in [2.05, 4.69) is 15.0 Å². The number of furan rings is 1. The maximum atomic E-state index is 13.1. The van der Waals surface area contributed by atoms with E-state index in [1.165, 1.54) is 0 Å². The van der Waals surface area contributed by atoms with E-state index in [-0.39, 0.29) is 11.9 Å². The molecule has 1 N–H and O–H groups in total. The summed E-state index contributed by atoms with van der Waals surface area (Å²) in [7, 11) is 0. The van der Waals surface area contributed by atoms with E-state index in [9.17, 15) is 4.79 Å². The lowest BCUT2D eigenvalue weighted by Gasteiger charge is -2.33. The minimum absolute atomic E-state index is 0.0495. The molecule has 1 amide bonds. The van der Waals surface area contributed by atoms with E-state index in [0.717, 1.165) is 34.5 Å². The zero-order chi connectivity index (χ0) is 17.5. The Kier molecular flexibility index (Phi) is 3.35. The van der Waals surface area contributed by atoms with Crippen molar-refractivity contribution in [2.45, 2.75) is 12.5 Å². The summed E-state index contributed by atoms with van der Waals surface area (Å²) in [6.45, 7) is 0.595. The van der Waals surface area contributed by atoms with Crippen LogP contribution in [0.25, 0.3) is 11.0 Å². The molecular formula is C20H16N4O2. The maximum absolute atomic E-state index is 13.1. The van der Waals surface area contributed by atoms with Gasteiger partial charge in [-0.2, -0.15) is 0 Å². The van der Waals surface area contributed by atoms with E-state index < -0.39 is 0 Å². The molecule has 0 unspecified atom stereocenters. The molecule has 26 heavy (non-hydrogen) atoms. The lowest BCUT2D eigenvalue weighted by Crippen LogP contribution is -2.40. The largest absolute Gasteiger partial charge is 0.458 e. The number of carbonyl (C=O) groups excluding carboxylic acids is 1. The van der Waals surface area contributed by atoms with Gasteiger partial charge in [-0.1, -0.05) is 18.2 Å². The van der Waals surface area contributed by atoms with Crippen LogP contribution in [-0.4, -0.2) is 32.3 Å². The van der Waals surface area contributed by atoms with Crippen LogP contribution < -0.4 is 0 Å². The number of rotatable bonds is 2.